The number of ketones is 2. The normalized spacial score (nSPS) is 16.1. The second kappa shape index (κ2) is 7.18. The monoisotopic (exact) mass is 362 g/mol. The number of Topliss-reactive ketones (excluding diaryl/α,β-unsaturated/α-hetero) is 2. The maximum absolute atomic E-state index is 12.1. The molecule has 0 aromatic heterocycles. The molecule has 0 saturated carbocycles. The summed E-state index contributed by atoms with van der Waals surface area (Å²) in [5.74, 6) is -6.59. The van der Waals surface area contributed by atoms with Crippen molar-refractivity contribution < 1.29 is 45.5 Å². The van der Waals surface area contributed by atoms with E-state index in [-0.39, 0.29) is 26.2 Å². The number of carbonyl (C=O) groups is 4. The number of carbonyl (C=O) groups excluding carboxylic acids is 4. The predicted molar refractivity (Wildman–Crippen MR) is 64.5 cm³/mol. The Labute approximate surface area is 131 Å². The molecule has 12 heteroatoms. The van der Waals surface area contributed by atoms with Crippen molar-refractivity contribution in [3.8, 4) is 0 Å². The van der Waals surface area contributed by atoms with Crippen LogP contribution in [0.5, 0.6) is 0 Å². The molecule has 2 amide bonds. The van der Waals surface area contributed by atoms with Crippen molar-refractivity contribution in [1.29, 1.82) is 0 Å². The van der Waals surface area contributed by atoms with Crippen LogP contribution in [0.25, 0.3) is 0 Å². The molecule has 136 valence electrons. The molecule has 0 aliphatic carbocycles. The number of hydrogen-bond donors (Lipinski definition) is 0. The van der Waals surface area contributed by atoms with Gasteiger partial charge in [-0.05, 0) is 0 Å². The van der Waals surface area contributed by atoms with E-state index in [0.717, 1.165) is 9.80 Å². The van der Waals surface area contributed by atoms with Crippen LogP contribution in [0.2, 0.25) is 0 Å². The van der Waals surface area contributed by atoms with Gasteiger partial charge >= 0.3 is 12.4 Å². The Hall–Kier alpha value is -2.14. The lowest BCUT2D eigenvalue weighted by Gasteiger charge is -2.34. The van der Waals surface area contributed by atoms with Crippen LogP contribution >= 0.6 is 0 Å². The summed E-state index contributed by atoms with van der Waals surface area (Å²) in [5, 5.41) is 0. The smallest absolute Gasteiger partial charge is 0.339 e. The van der Waals surface area contributed by atoms with Crippen molar-refractivity contribution in [1.82, 2.24) is 9.80 Å². The number of nitrogens with zero attached hydrogens (tertiary/aromatic N) is 2. The SMILES string of the molecule is O=C(CC(=O)C(F)(F)F)N1CCN(C(=O)CC(=O)C(F)(F)F)CC1. The molecule has 1 rings (SSSR count). The average molecular weight is 362 g/mol. The first kappa shape index (κ1) is 19.9. The Morgan fingerprint density at radius 3 is 1.08 bits per heavy atom. The molecule has 6 nitrogen and oxygen atoms in total. The van der Waals surface area contributed by atoms with Crippen molar-refractivity contribution in [3.05, 3.63) is 0 Å². The zero-order valence-electron chi connectivity index (χ0n) is 12.0. The average Bonchev–Trinajstić information content (AvgIpc) is 2.45. The Bertz CT molecular complexity index is 487. The van der Waals surface area contributed by atoms with E-state index >= 15 is 0 Å². The number of hydrogen-bond acceptors (Lipinski definition) is 4. The summed E-state index contributed by atoms with van der Waals surface area (Å²) in [6.45, 7) is -0.961. The number of amides is 2. The van der Waals surface area contributed by atoms with Gasteiger partial charge in [-0.3, -0.25) is 19.2 Å². The molecule has 1 aliphatic rings. The minimum absolute atomic E-state index is 0.240. The molecule has 0 radical (unpaired) electrons. The second-order valence-electron chi connectivity index (χ2n) is 4.96. The topological polar surface area (TPSA) is 74.8 Å². The Morgan fingerprint density at radius 2 is 0.875 bits per heavy atom. The summed E-state index contributed by atoms with van der Waals surface area (Å²) in [5.41, 5.74) is 0. The van der Waals surface area contributed by atoms with Crippen molar-refractivity contribution >= 4 is 23.4 Å². The lowest BCUT2D eigenvalue weighted by atomic mass is 10.2. The summed E-state index contributed by atoms with van der Waals surface area (Å²) in [4.78, 5) is 46.3. The molecule has 0 spiro atoms. The minimum atomic E-state index is -5.13. The van der Waals surface area contributed by atoms with Gasteiger partial charge in [0, 0.05) is 26.2 Å². The molecule has 0 N–H and O–H groups in total. The van der Waals surface area contributed by atoms with E-state index in [0.29, 0.717) is 0 Å². The first-order chi connectivity index (χ1) is 10.8. The quantitative estimate of drug-likeness (QED) is 0.545. The van der Waals surface area contributed by atoms with Gasteiger partial charge < -0.3 is 9.80 Å². The molecular weight excluding hydrogens is 350 g/mol. The fourth-order valence-corrected chi connectivity index (χ4v) is 1.90. The van der Waals surface area contributed by atoms with Gasteiger partial charge in [0.05, 0.1) is 12.8 Å². The van der Waals surface area contributed by atoms with Crippen molar-refractivity contribution in [2.24, 2.45) is 0 Å². The highest BCUT2D eigenvalue weighted by molar-refractivity contribution is 6.01. The first-order valence-corrected chi connectivity index (χ1v) is 6.58. The van der Waals surface area contributed by atoms with Crippen LogP contribution in [0.3, 0.4) is 0 Å². The molecule has 1 saturated heterocycles. The maximum atomic E-state index is 12.1. The van der Waals surface area contributed by atoms with Crippen LogP contribution in [0.1, 0.15) is 12.8 Å². The highest BCUT2D eigenvalue weighted by Crippen LogP contribution is 2.20. The van der Waals surface area contributed by atoms with E-state index in [9.17, 15) is 45.5 Å². The molecule has 24 heavy (non-hydrogen) atoms. The zero-order valence-corrected chi connectivity index (χ0v) is 12.0. The lowest BCUT2D eigenvalue weighted by Crippen LogP contribution is -2.51. The van der Waals surface area contributed by atoms with Crippen LogP contribution in [-0.4, -0.2) is 71.7 Å². The van der Waals surface area contributed by atoms with Crippen LogP contribution < -0.4 is 0 Å². The minimum Gasteiger partial charge on any atom is -0.339 e. The van der Waals surface area contributed by atoms with E-state index in [2.05, 4.69) is 0 Å². The third-order valence-corrected chi connectivity index (χ3v) is 3.24. The number of piperazine rings is 1. The second-order valence-corrected chi connectivity index (χ2v) is 4.96. The molecule has 1 fully saturated rings. The van der Waals surface area contributed by atoms with Crippen molar-refractivity contribution in [3.63, 3.8) is 0 Å². The third kappa shape index (κ3) is 5.49. The predicted octanol–water partition coefficient (Wildman–Crippen LogP) is 0.700. The van der Waals surface area contributed by atoms with Gasteiger partial charge in [0.15, 0.2) is 0 Å². The lowest BCUT2D eigenvalue weighted by molar-refractivity contribution is -0.174. The molecule has 0 atom stereocenters. The van der Waals surface area contributed by atoms with Crippen LogP contribution in [0, 0.1) is 0 Å². The van der Waals surface area contributed by atoms with E-state index in [4.69, 9.17) is 0 Å². The standard InChI is InChI=1S/C12H12F6N2O4/c13-11(14,15)7(21)5-9(23)19-1-2-20(4-3-19)10(24)6-8(22)12(16,17)18/h1-6H2. The highest BCUT2D eigenvalue weighted by atomic mass is 19.4. The Morgan fingerprint density at radius 1 is 0.625 bits per heavy atom. The summed E-state index contributed by atoms with van der Waals surface area (Å²) in [7, 11) is 0. The molecule has 1 aliphatic heterocycles. The Balaban J connectivity index is 2.49. The van der Waals surface area contributed by atoms with Crippen LogP contribution in [0.15, 0.2) is 0 Å². The molecule has 0 aromatic carbocycles. The van der Waals surface area contributed by atoms with E-state index in [1.807, 2.05) is 0 Å². The van der Waals surface area contributed by atoms with E-state index in [1.54, 1.807) is 0 Å². The van der Waals surface area contributed by atoms with Gasteiger partial charge in [0.25, 0.3) is 0 Å². The van der Waals surface area contributed by atoms with Gasteiger partial charge in [-0.2, -0.15) is 26.3 Å². The molecule has 1 heterocycles. The van der Waals surface area contributed by atoms with Gasteiger partial charge in [0.2, 0.25) is 23.4 Å². The van der Waals surface area contributed by atoms with Gasteiger partial charge in [0.1, 0.15) is 0 Å². The fourth-order valence-electron chi connectivity index (χ4n) is 1.90. The number of halogens is 6. The first-order valence-electron chi connectivity index (χ1n) is 6.58. The Kier molecular flexibility index (Phi) is 5.95. The highest BCUT2D eigenvalue weighted by Gasteiger charge is 2.41. The van der Waals surface area contributed by atoms with Crippen LogP contribution in [0.4, 0.5) is 26.3 Å². The summed E-state index contributed by atoms with van der Waals surface area (Å²) < 4.78 is 72.4. The van der Waals surface area contributed by atoms with Gasteiger partial charge in [-0.15, -0.1) is 0 Å². The molecule has 0 unspecified atom stereocenters. The third-order valence-electron chi connectivity index (χ3n) is 3.24. The summed E-state index contributed by atoms with van der Waals surface area (Å²) in [6, 6.07) is 0. The van der Waals surface area contributed by atoms with Gasteiger partial charge in [-0.1, -0.05) is 0 Å². The van der Waals surface area contributed by atoms with Crippen LogP contribution in [-0.2, 0) is 19.2 Å². The van der Waals surface area contributed by atoms with E-state index < -0.39 is 48.6 Å². The molecule has 0 bridgehead atoms. The zero-order chi connectivity index (χ0) is 18.7. The summed E-state index contributed by atoms with van der Waals surface area (Å²) >= 11 is 0. The molecular formula is C12H12F6N2O4. The largest absolute Gasteiger partial charge is 0.450 e. The van der Waals surface area contributed by atoms with Crippen molar-refractivity contribution in [2.45, 2.75) is 25.2 Å². The fraction of sp³-hybridized carbons (Fsp3) is 0.667. The maximum Gasteiger partial charge on any atom is 0.450 e. The number of alkyl halides is 6. The van der Waals surface area contributed by atoms with Crippen molar-refractivity contribution in [2.75, 3.05) is 26.2 Å². The van der Waals surface area contributed by atoms with E-state index in [1.165, 1.54) is 0 Å². The number of rotatable bonds is 4. The van der Waals surface area contributed by atoms with Gasteiger partial charge in [-0.25, -0.2) is 0 Å². The summed E-state index contributed by atoms with van der Waals surface area (Å²) in [6.07, 6.45) is -13.0. The molecule has 0 aromatic rings.